The van der Waals surface area contributed by atoms with Crippen LogP contribution in [-0.4, -0.2) is 14.5 Å². The molecule has 0 bridgehead atoms. The molecule has 3 aromatic heterocycles. The van der Waals surface area contributed by atoms with Crippen LogP contribution in [0.3, 0.4) is 0 Å². The van der Waals surface area contributed by atoms with Crippen molar-refractivity contribution in [2.45, 2.75) is 13.5 Å². The number of hydrogen-bond donors (Lipinski definition) is 0. The number of rotatable bonds is 3. The van der Waals surface area contributed by atoms with Crippen molar-refractivity contribution < 1.29 is 0 Å². The third-order valence-electron chi connectivity index (χ3n) is 4.99. The summed E-state index contributed by atoms with van der Waals surface area (Å²) < 4.78 is 2.38. The van der Waals surface area contributed by atoms with Gasteiger partial charge in [0.2, 0.25) is 0 Å². The Hall–Kier alpha value is -3.46. The summed E-state index contributed by atoms with van der Waals surface area (Å²) >= 11 is 0. The first kappa shape index (κ1) is 15.8. The molecule has 0 saturated carbocycles. The van der Waals surface area contributed by atoms with Crippen molar-refractivity contribution in [1.29, 1.82) is 0 Å². The molecule has 0 aliphatic heterocycles. The Bertz CT molecular complexity index is 1240. The van der Waals surface area contributed by atoms with Gasteiger partial charge < -0.3 is 4.57 Å². The number of aromatic nitrogens is 3. The summed E-state index contributed by atoms with van der Waals surface area (Å²) in [5, 5.41) is 2.51. The van der Waals surface area contributed by atoms with Crippen LogP contribution in [0.15, 0.2) is 85.2 Å². The Labute approximate surface area is 157 Å². The quantitative estimate of drug-likeness (QED) is 0.424. The molecule has 130 valence electrons. The van der Waals surface area contributed by atoms with Gasteiger partial charge in [-0.05, 0) is 36.8 Å². The first-order chi connectivity index (χ1) is 13.3. The zero-order valence-corrected chi connectivity index (χ0v) is 15.1. The predicted octanol–water partition coefficient (Wildman–Crippen LogP) is 5.61. The number of para-hydroxylation sites is 1. The largest absolute Gasteiger partial charge is 0.334 e. The summed E-state index contributed by atoms with van der Waals surface area (Å²) in [7, 11) is 0. The molecule has 0 N–H and O–H groups in total. The Morgan fingerprint density at radius 3 is 2.48 bits per heavy atom. The van der Waals surface area contributed by atoms with Crippen LogP contribution in [0.4, 0.5) is 0 Å². The van der Waals surface area contributed by atoms with Crippen molar-refractivity contribution in [2.75, 3.05) is 0 Å². The van der Waals surface area contributed by atoms with E-state index >= 15 is 0 Å². The van der Waals surface area contributed by atoms with Gasteiger partial charge in [-0.2, -0.15) is 0 Å². The van der Waals surface area contributed by atoms with E-state index in [0.717, 1.165) is 23.5 Å². The summed E-state index contributed by atoms with van der Waals surface area (Å²) in [6.07, 6.45) is 3.70. The third-order valence-corrected chi connectivity index (χ3v) is 4.99. The molecule has 3 heterocycles. The molecule has 0 fully saturated rings. The van der Waals surface area contributed by atoms with E-state index in [1.54, 1.807) is 6.20 Å². The molecule has 2 aromatic carbocycles. The highest BCUT2D eigenvalue weighted by Gasteiger charge is 2.17. The highest BCUT2D eigenvalue weighted by atomic mass is 15.0. The van der Waals surface area contributed by atoms with Crippen LogP contribution < -0.4 is 0 Å². The maximum atomic E-state index is 4.91. The van der Waals surface area contributed by atoms with Crippen LogP contribution in [0, 0.1) is 6.92 Å². The van der Waals surface area contributed by atoms with E-state index in [-0.39, 0.29) is 0 Å². The molecule has 0 saturated heterocycles. The highest BCUT2D eigenvalue weighted by molar-refractivity contribution is 6.12. The number of nitrogens with zero attached hydrogens (tertiary/aromatic N) is 3. The molecule has 27 heavy (non-hydrogen) atoms. The molecule has 0 aliphatic carbocycles. The fraction of sp³-hybridized carbons (Fsp3) is 0.0833. The second kappa shape index (κ2) is 6.36. The van der Waals surface area contributed by atoms with E-state index in [1.165, 1.54) is 27.4 Å². The number of benzene rings is 2. The molecule has 5 aromatic rings. The van der Waals surface area contributed by atoms with E-state index in [1.807, 2.05) is 12.3 Å². The van der Waals surface area contributed by atoms with E-state index in [2.05, 4.69) is 83.2 Å². The lowest BCUT2D eigenvalue weighted by atomic mass is 10.1. The van der Waals surface area contributed by atoms with E-state index in [0.29, 0.717) is 0 Å². The first-order valence-corrected chi connectivity index (χ1v) is 9.14. The van der Waals surface area contributed by atoms with Gasteiger partial charge in [0.25, 0.3) is 0 Å². The lowest BCUT2D eigenvalue weighted by Gasteiger charge is -2.11. The molecule has 0 atom stereocenters. The van der Waals surface area contributed by atoms with Crippen molar-refractivity contribution in [3.05, 3.63) is 96.4 Å². The highest BCUT2D eigenvalue weighted by Crippen LogP contribution is 2.35. The number of aryl methyl sites for hydroxylation is 1. The molecular weight excluding hydrogens is 330 g/mol. The Morgan fingerprint density at radius 2 is 1.67 bits per heavy atom. The van der Waals surface area contributed by atoms with Gasteiger partial charge in [0, 0.05) is 46.5 Å². The van der Waals surface area contributed by atoms with E-state index in [4.69, 9.17) is 4.98 Å². The van der Waals surface area contributed by atoms with Crippen LogP contribution in [-0.2, 0) is 6.54 Å². The fourth-order valence-corrected chi connectivity index (χ4v) is 3.84. The summed E-state index contributed by atoms with van der Waals surface area (Å²) in [6, 6.07) is 25.4. The van der Waals surface area contributed by atoms with Gasteiger partial charge >= 0.3 is 0 Å². The molecule has 0 radical (unpaired) electrons. The third kappa shape index (κ3) is 2.68. The second-order valence-electron chi connectivity index (χ2n) is 6.84. The molecule has 5 rings (SSSR count). The van der Waals surface area contributed by atoms with Crippen LogP contribution in [0.25, 0.3) is 33.1 Å². The van der Waals surface area contributed by atoms with Crippen LogP contribution in [0.1, 0.15) is 11.3 Å². The molecule has 0 unspecified atom stereocenters. The summed E-state index contributed by atoms with van der Waals surface area (Å²) in [5.74, 6) is 0. The monoisotopic (exact) mass is 349 g/mol. The maximum absolute atomic E-state index is 4.91. The zero-order chi connectivity index (χ0) is 18.2. The predicted molar refractivity (Wildman–Crippen MR) is 111 cm³/mol. The van der Waals surface area contributed by atoms with Gasteiger partial charge in [-0.15, -0.1) is 0 Å². The van der Waals surface area contributed by atoms with Gasteiger partial charge in [-0.25, -0.2) is 0 Å². The molecule has 0 spiro atoms. The Morgan fingerprint density at radius 1 is 0.852 bits per heavy atom. The fourth-order valence-electron chi connectivity index (χ4n) is 3.84. The summed E-state index contributed by atoms with van der Waals surface area (Å²) in [4.78, 5) is 9.22. The van der Waals surface area contributed by atoms with Gasteiger partial charge in [-0.1, -0.05) is 48.5 Å². The van der Waals surface area contributed by atoms with Crippen molar-refractivity contribution >= 4 is 21.8 Å². The van der Waals surface area contributed by atoms with Crippen LogP contribution in [0.5, 0.6) is 0 Å². The van der Waals surface area contributed by atoms with Gasteiger partial charge in [0.1, 0.15) is 0 Å². The molecule has 0 amide bonds. The van der Waals surface area contributed by atoms with Gasteiger partial charge in [0.15, 0.2) is 0 Å². The molecule has 0 aliphatic rings. The average molecular weight is 349 g/mol. The van der Waals surface area contributed by atoms with Crippen molar-refractivity contribution in [1.82, 2.24) is 14.5 Å². The van der Waals surface area contributed by atoms with Crippen molar-refractivity contribution in [3.8, 4) is 11.3 Å². The SMILES string of the molecule is Cc1cc2c3ccccc3n(Cc3ccccc3)c2c(-c2cccnc2)n1. The first-order valence-electron chi connectivity index (χ1n) is 9.14. The summed E-state index contributed by atoms with van der Waals surface area (Å²) in [5.41, 5.74) is 6.72. The minimum atomic E-state index is 0.808. The normalized spacial score (nSPS) is 11.3. The number of fused-ring (bicyclic) bond motifs is 3. The molecular formula is C24H19N3. The minimum absolute atomic E-state index is 0.808. The Balaban J connectivity index is 1.88. The molecule has 3 heteroatoms. The number of pyridine rings is 2. The minimum Gasteiger partial charge on any atom is -0.334 e. The van der Waals surface area contributed by atoms with Crippen LogP contribution >= 0.6 is 0 Å². The van der Waals surface area contributed by atoms with Gasteiger partial charge in [0.05, 0.1) is 11.2 Å². The zero-order valence-electron chi connectivity index (χ0n) is 15.1. The topological polar surface area (TPSA) is 30.7 Å². The second-order valence-corrected chi connectivity index (χ2v) is 6.84. The summed E-state index contributed by atoms with van der Waals surface area (Å²) in [6.45, 7) is 2.87. The lowest BCUT2D eigenvalue weighted by molar-refractivity contribution is 0.867. The van der Waals surface area contributed by atoms with E-state index in [9.17, 15) is 0 Å². The average Bonchev–Trinajstić information content (AvgIpc) is 3.03. The standard InChI is InChI=1S/C24H19N3/c1-17-14-21-20-11-5-6-12-22(20)27(16-18-8-3-2-4-9-18)24(21)23(26-17)19-10-7-13-25-15-19/h2-15H,16H2,1H3. The Kier molecular flexibility index (Phi) is 3.72. The van der Waals surface area contributed by atoms with Crippen molar-refractivity contribution in [2.24, 2.45) is 0 Å². The van der Waals surface area contributed by atoms with Crippen molar-refractivity contribution in [3.63, 3.8) is 0 Å². The smallest absolute Gasteiger partial charge is 0.0964 e. The lowest BCUT2D eigenvalue weighted by Crippen LogP contribution is -2.01. The maximum Gasteiger partial charge on any atom is 0.0964 e. The number of hydrogen-bond acceptors (Lipinski definition) is 2. The van der Waals surface area contributed by atoms with Gasteiger partial charge in [-0.3, -0.25) is 9.97 Å². The molecule has 3 nitrogen and oxygen atoms in total. The van der Waals surface area contributed by atoms with Crippen LogP contribution in [0.2, 0.25) is 0 Å². The van der Waals surface area contributed by atoms with E-state index < -0.39 is 0 Å².